The Morgan fingerprint density at radius 2 is 1.68 bits per heavy atom. The third kappa shape index (κ3) is 3.55. The summed E-state index contributed by atoms with van der Waals surface area (Å²) in [6, 6.07) is 14.3. The molecule has 1 aromatic heterocycles. The standard InChI is InChI=1S/C20H18O5/c1-3-23-20(22)18-16(15-6-4-5-7-17(15)25-18)12-24-19(21)14-10-8-13(2)9-11-14/h4-11H,3,12H2,1-2H3. The van der Waals surface area contributed by atoms with E-state index in [0.29, 0.717) is 16.7 Å². The van der Waals surface area contributed by atoms with E-state index in [-0.39, 0.29) is 19.0 Å². The van der Waals surface area contributed by atoms with E-state index in [1.165, 1.54) is 0 Å². The van der Waals surface area contributed by atoms with Crippen LogP contribution >= 0.6 is 0 Å². The monoisotopic (exact) mass is 338 g/mol. The van der Waals surface area contributed by atoms with Crippen molar-refractivity contribution >= 4 is 22.9 Å². The highest BCUT2D eigenvalue weighted by molar-refractivity contribution is 5.96. The fourth-order valence-corrected chi connectivity index (χ4v) is 2.51. The van der Waals surface area contributed by atoms with Gasteiger partial charge in [-0.2, -0.15) is 0 Å². The first kappa shape index (κ1) is 16.8. The minimum absolute atomic E-state index is 0.0692. The number of benzene rings is 2. The summed E-state index contributed by atoms with van der Waals surface area (Å²) < 4.78 is 16.0. The van der Waals surface area contributed by atoms with Gasteiger partial charge in [0.25, 0.3) is 0 Å². The summed E-state index contributed by atoms with van der Waals surface area (Å²) in [6.45, 7) is 3.83. The van der Waals surface area contributed by atoms with Gasteiger partial charge >= 0.3 is 11.9 Å². The molecule has 0 N–H and O–H groups in total. The molecular weight excluding hydrogens is 320 g/mol. The van der Waals surface area contributed by atoms with Gasteiger partial charge in [0.05, 0.1) is 17.7 Å². The third-order valence-electron chi connectivity index (χ3n) is 3.79. The van der Waals surface area contributed by atoms with Crippen molar-refractivity contribution in [1.29, 1.82) is 0 Å². The average Bonchev–Trinajstić information content (AvgIpc) is 2.99. The van der Waals surface area contributed by atoms with Gasteiger partial charge in [-0.05, 0) is 32.0 Å². The van der Waals surface area contributed by atoms with Gasteiger partial charge in [0.2, 0.25) is 5.76 Å². The Morgan fingerprint density at radius 3 is 2.40 bits per heavy atom. The SMILES string of the molecule is CCOC(=O)c1oc2ccccc2c1COC(=O)c1ccc(C)cc1. The van der Waals surface area contributed by atoms with Crippen molar-refractivity contribution in [3.63, 3.8) is 0 Å². The number of ether oxygens (including phenoxy) is 2. The lowest BCUT2D eigenvalue weighted by Crippen LogP contribution is -2.09. The normalized spacial score (nSPS) is 10.6. The van der Waals surface area contributed by atoms with Crippen molar-refractivity contribution in [2.75, 3.05) is 6.61 Å². The van der Waals surface area contributed by atoms with E-state index in [1.807, 2.05) is 37.3 Å². The first-order chi connectivity index (χ1) is 12.1. The van der Waals surface area contributed by atoms with Gasteiger partial charge < -0.3 is 13.9 Å². The summed E-state index contributed by atoms with van der Waals surface area (Å²) in [5, 5.41) is 0.724. The van der Waals surface area contributed by atoms with Crippen LogP contribution in [0.5, 0.6) is 0 Å². The summed E-state index contributed by atoms with van der Waals surface area (Å²) in [5.74, 6) is -0.958. The predicted molar refractivity (Wildman–Crippen MR) is 92.5 cm³/mol. The Balaban J connectivity index is 1.86. The third-order valence-corrected chi connectivity index (χ3v) is 3.79. The maximum Gasteiger partial charge on any atom is 0.374 e. The van der Waals surface area contributed by atoms with Crippen molar-refractivity contribution in [3.05, 3.63) is 71.0 Å². The van der Waals surface area contributed by atoms with E-state index < -0.39 is 11.9 Å². The summed E-state index contributed by atoms with van der Waals surface area (Å²) in [7, 11) is 0. The molecule has 0 aliphatic rings. The minimum atomic E-state index is -0.569. The Hall–Kier alpha value is -3.08. The molecule has 0 spiro atoms. The molecule has 5 heteroatoms. The number of fused-ring (bicyclic) bond motifs is 1. The molecule has 0 saturated heterocycles. The van der Waals surface area contributed by atoms with E-state index in [9.17, 15) is 9.59 Å². The van der Waals surface area contributed by atoms with Crippen molar-refractivity contribution in [2.45, 2.75) is 20.5 Å². The van der Waals surface area contributed by atoms with E-state index in [2.05, 4.69) is 0 Å². The lowest BCUT2D eigenvalue weighted by atomic mass is 10.1. The number of hydrogen-bond donors (Lipinski definition) is 0. The molecule has 0 atom stereocenters. The van der Waals surface area contributed by atoms with Gasteiger partial charge in [-0.15, -0.1) is 0 Å². The zero-order valence-electron chi connectivity index (χ0n) is 14.1. The maximum atomic E-state index is 12.2. The summed E-state index contributed by atoms with van der Waals surface area (Å²) >= 11 is 0. The number of hydrogen-bond acceptors (Lipinski definition) is 5. The van der Waals surface area contributed by atoms with Crippen molar-refractivity contribution in [3.8, 4) is 0 Å². The predicted octanol–water partition coefficient (Wildman–Crippen LogP) is 4.27. The molecule has 0 aliphatic carbocycles. The molecule has 1 heterocycles. The molecule has 3 aromatic rings. The van der Waals surface area contributed by atoms with Gasteiger partial charge in [-0.3, -0.25) is 0 Å². The first-order valence-corrected chi connectivity index (χ1v) is 8.01. The highest BCUT2D eigenvalue weighted by atomic mass is 16.5. The van der Waals surface area contributed by atoms with Crippen molar-refractivity contribution < 1.29 is 23.5 Å². The second-order valence-electron chi connectivity index (χ2n) is 5.57. The van der Waals surface area contributed by atoms with Gasteiger partial charge in [-0.1, -0.05) is 35.9 Å². The Labute approximate surface area is 145 Å². The summed E-state index contributed by atoms with van der Waals surface area (Å²) in [6.07, 6.45) is 0. The van der Waals surface area contributed by atoms with Crippen LogP contribution in [-0.2, 0) is 16.1 Å². The molecule has 0 aliphatic heterocycles. The van der Waals surface area contributed by atoms with Gasteiger partial charge in [0, 0.05) is 5.39 Å². The molecular formula is C20H18O5. The quantitative estimate of drug-likeness (QED) is 0.650. The zero-order valence-corrected chi connectivity index (χ0v) is 14.1. The molecule has 0 fully saturated rings. The molecule has 2 aromatic carbocycles. The average molecular weight is 338 g/mol. The number of carbonyl (C=O) groups is 2. The largest absolute Gasteiger partial charge is 0.460 e. The first-order valence-electron chi connectivity index (χ1n) is 8.01. The van der Waals surface area contributed by atoms with Crippen LogP contribution in [0.3, 0.4) is 0 Å². The van der Waals surface area contributed by atoms with Crippen LogP contribution in [0.25, 0.3) is 11.0 Å². The second kappa shape index (κ2) is 7.21. The molecule has 25 heavy (non-hydrogen) atoms. The number of aryl methyl sites for hydroxylation is 1. The number of rotatable bonds is 5. The molecule has 3 rings (SSSR count). The van der Waals surface area contributed by atoms with Crippen molar-refractivity contribution in [1.82, 2.24) is 0 Å². The smallest absolute Gasteiger partial charge is 0.374 e. The molecule has 0 amide bonds. The van der Waals surface area contributed by atoms with Crippen LogP contribution in [0.2, 0.25) is 0 Å². The fraction of sp³-hybridized carbons (Fsp3) is 0.200. The molecule has 0 bridgehead atoms. The molecule has 128 valence electrons. The minimum Gasteiger partial charge on any atom is -0.460 e. The van der Waals surface area contributed by atoms with E-state index in [4.69, 9.17) is 13.9 Å². The molecule has 5 nitrogen and oxygen atoms in total. The molecule has 0 saturated carbocycles. The summed E-state index contributed by atoms with van der Waals surface area (Å²) in [5.41, 5.74) is 2.57. The second-order valence-corrected chi connectivity index (χ2v) is 5.57. The Morgan fingerprint density at radius 1 is 0.960 bits per heavy atom. The van der Waals surface area contributed by atoms with Crippen LogP contribution in [-0.4, -0.2) is 18.5 Å². The number of furan rings is 1. The van der Waals surface area contributed by atoms with Crippen LogP contribution in [0, 0.1) is 6.92 Å². The van der Waals surface area contributed by atoms with E-state index in [0.717, 1.165) is 10.9 Å². The van der Waals surface area contributed by atoms with Gasteiger partial charge in [0.15, 0.2) is 0 Å². The number of carbonyl (C=O) groups excluding carboxylic acids is 2. The van der Waals surface area contributed by atoms with Crippen molar-refractivity contribution in [2.24, 2.45) is 0 Å². The van der Waals surface area contributed by atoms with Crippen LogP contribution in [0.15, 0.2) is 52.9 Å². The molecule has 0 unspecified atom stereocenters. The lowest BCUT2D eigenvalue weighted by molar-refractivity contribution is 0.0435. The van der Waals surface area contributed by atoms with Crippen LogP contribution in [0.4, 0.5) is 0 Å². The Bertz CT molecular complexity index is 905. The number of esters is 2. The Kier molecular flexibility index (Phi) is 4.84. The fourth-order valence-electron chi connectivity index (χ4n) is 2.51. The zero-order chi connectivity index (χ0) is 17.8. The number of para-hydroxylation sites is 1. The highest BCUT2D eigenvalue weighted by Gasteiger charge is 2.22. The van der Waals surface area contributed by atoms with E-state index in [1.54, 1.807) is 25.1 Å². The van der Waals surface area contributed by atoms with E-state index >= 15 is 0 Å². The van der Waals surface area contributed by atoms with Crippen LogP contribution < -0.4 is 0 Å². The lowest BCUT2D eigenvalue weighted by Gasteiger charge is -2.06. The van der Waals surface area contributed by atoms with Crippen LogP contribution in [0.1, 0.15) is 39.0 Å². The topological polar surface area (TPSA) is 65.7 Å². The highest BCUT2D eigenvalue weighted by Crippen LogP contribution is 2.27. The van der Waals surface area contributed by atoms with Gasteiger partial charge in [0.1, 0.15) is 12.2 Å². The molecule has 0 radical (unpaired) electrons. The van der Waals surface area contributed by atoms with Gasteiger partial charge in [-0.25, -0.2) is 9.59 Å². The summed E-state index contributed by atoms with van der Waals surface area (Å²) in [4.78, 5) is 24.4. The maximum absolute atomic E-state index is 12.2.